The monoisotopic (exact) mass is 353 g/mol. The Morgan fingerprint density at radius 1 is 1.35 bits per heavy atom. The molecule has 1 aromatic carbocycles. The van der Waals surface area contributed by atoms with Gasteiger partial charge in [-0.2, -0.15) is 0 Å². The fourth-order valence-electron chi connectivity index (χ4n) is 3.14. The van der Waals surface area contributed by atoms with Crippen molar-refractivity contribution < 1.29 is 5.11 Å². The number of aromatic hydroxyl groups is 1. The Balaban J connectivity index is 1.54. The van der Waals surface area contributed by atoms with Gasteiger partial charge in [0.05, 0.1) is 18.4 Å². The average molecular weight is 353 g/mol. The first-order chi connectivity index (χ1) is 12.7. The van der Waals surface area contributed by atoms with E-state index in [4.69, 9.17) is 0 Å². The molecule has 8 heteroatoms. The maximum absolute atomic E-state index is 10.4. The van der Waals surface area contributed by atoms with Gasteiger partial charge in [0.1, 0.15) is 5.75 Å². The molecule has 0 amide bonds. The molecule has 1 atom stereocenters. The Morgan fingerprint density at radius 3 is 3.00 bits per heavy atom. The first-order valence-corrected chi connectivity index (χ1v) is 8.99. The number of phenols is 1. The number of hydrogen-bond acceptors (Lipinski definition) is 6. The molecule has 0 bridgehead atoms. The highest BCUT2D eigenvalue weighted by Gasteiger charge is 2.32. The SMILES string of the molecule is Cc1ccc(O)c(C(NCCCn2ccnc2)c2nnnn2C2CC2)c1. The zero-order chi connectivity index (χ0) is 17.9. The average Bonchev–Trinajstić information content (AvgIpc) is 3.14. The summed E-state index contributed by atoms with van der Waals surface area (Å²) in [5, 5.41) is 26.3. The van der Waals surface area contributed by atoms with Gasteiger partial charge in [0, 0.05) is 24.5 Å². The van der Waals surface area contributed by atoms with E-state index in [1.807, 2.05) is 36.3 Å². The lowest BCUT2D eigenvalue weighted by Crippen LogP contribution is -2.27. The number of benzene rings is 1. The smallest absolute Gasteiger partial charge is 0.173 e. The molecule has 4 rings (SSSR count). The number of rotatable bonds is 8. The molecule has 1 saturated carbocycles. The Bertz CT molecular complexity index is 854. The Morgan fingerprint density at radius 2 is 2.23 bits per heavy atom. The minimum atomic E-state index is -0.242. The Hall–Kier alpha value is -2.74. The Kier molecular flexibility index (Phi) is 4.66. The van der Waals surface area contributed by atoms with E-state index in [-0.39, 0.29) is 11.8 Å². The lowest BCUT2D eigenvalue weighted by atomic mass is 10.0. The number of nitrogens with one attached hydrogen (secondary N) is 1. The molecule has 8 nitrogen and oxygen atoms in total. The predicted octanol–water partition coefficient (Wildman–Crippen LogP) is 1.99. The van der Waals surface area contributed by atoms with E-state index < -0.39 is 0 Å². The summed E-state index contributed by atoms with van der Waals surface area (Å²) in [5.41, 5.74) is 1.90. The molecule has 0 saturated heterocycles. The third-order valence-electron chi connectivity index (χ3n) is 4.66. The van der Waals surface area contributed by atoms with Crippen LogP contribution >= 0.6 is 0 Å². The van der Waals surface area contributed by atoms with E-state index >= 15 is 0 Å². The predicted molar refractivity (Wildman–Crippen MR) is 95.6 cm³/mol. The van der Waals surface area contributed by atoms with Crippen LogP contribution in [0.15, 0.2) is 36.9 Å². The molecule has 3 aromatic rings. The van der Waals surface area contributed by atoms with Crippen molar-refractivity contribution in [3.63, 3.8) is 0 Å². The zero-order valence-electron chi connectivity index (χ0n) is 14.8. The van der Waals surface area contributed by atoms with E-state index in [0.29, 0.717) is 6.04 Å². The standard InChI is InChI=1S/C18H23N7O/c1-13-3-6-16(26)15(11-13)17(18-21-22-23-25(18)14-4-5-14)20-7-2-9-24-10-8-19-12-24/h3,6,8,10-12,14,17,20,26H,2,4-5,7,9H2,1H3. The number of phenolic OH excluding ortho intramolecular Hbond substituents is 1. The molecule has 0 spiro atoms. The van der Waals surface area contributed by atoms with Gasteiger partial charge in [-0.15, -0.1) is 5.10 Å². The topological polar surface area (TPSA) is 93.7 Å². The van der Waals surface area contributed by atoms with E-state index in [0.717, 1.165) is 49.3 Å². The van der Waals surface area contributed by atoms with Crippen LogP contribution in [0.5, 0.6) is 5.75 Å². The first-order valence-electron chi connectivity index (χ1n) is 8.99. The summed E-state index contributed by atoms with van der Waals surface area (Å²) in [6.45, 7) is 3.67. The molecule has 26 heavy (non-hydrogen) atoms. The molecule has 0 radical (unpaired) electrons. The second-order valence-electron chi connectivity index (χ2n) is 6.82. The molecular weight excluding hydrogens is 330 g/mol. The van der Waals surface area contributed by atoms with Crippen LogP contribution in [-0.2, 0) is 6.54 Å². The molecule has 1 fully saturated rings. The van der Waals surface area contributed by atoms with Gasteiger partial charge in [0.15, 0.2) is 5.82 Å². The number of tetrazole rings is 1. The second kappa shape index (κ2) is 7.25. The summed E-state index contributed by atoms with van der Waals surface area (Å²) in [6, 6.07) is 5.76. The van der Waals surface area contributed by atoms with Crippen molar-refractivity contribution in [1.82, 2.24) is 35.1 Å². The van der Waals surface area contributed by atoms with Gasteiger partial charge in [0.2, 0.25) is 0 Å². The lowest BCUT2D eigenvalue weighted by molar-refractivity contribution is 0.442. The molecular formula is C18H23N7O. The largest absolute Gasteiger partial charge is 0.508 e. The van der Waals surface area contributed by atoms with Crippen LogP contribution in [0.1, 0.15) is 48.3 Å². The molecule has 1 aliphatic carbocycles. The summed E-state index contributed by atoms with van der Waals surface area (Å²) in [5.74, 6) is 1.02. The third-order valence-corrected chi connectivity index (χ3v) is 4.66. The van der Waals surface area contributed by atoms with Crippen molar-refractivity contribution in [2.75, 3.05) is 6.54 Å². The van der Waals surface area contributed by atoms with Crippen molar-refractivity contribution in [3.05, 3.63) is 53.9 Å². The highest BCUT2D eigenvalue weighted by atomic mass is 16.3. The maximum atomic E-state index is 10.4. The fraction of sp³-hybridized carbons (Fsp3) is 0.444. The molecule has 0 aliphatic heterocycles. The maximum Gasteiger partial charge on any atom is 0.173 e. The summed E-state index contributed by atoms with van der Waals surface area (Å²) in [6.07, 6.45) is 8.70. The van der Waals surface area contributed by atoms with Crippen molar-refractivity contribution in [2.24, 2.45) is 0 Å². The van der Waals surface area contributed by atoms with E-state index in [2.05, 4.69) is 30.4 Å². The van der Waals surface area contributed by atoms with Gasteiger partial charge in [-0.3, -0.25) is 0 Å². The quantitative estimate of drug-likeness (QED) is 0.602. The molecule has 2 N–H and O–H groups in total. The number of aromatic nitrogens is 6. The van der Waals surface area contributed by atoms with Crippen LogP contribution < -0.4 is 5.32 Å². The summed E-state index contributed by atoms with van der Waals surface area (Å²) >= 11 is 0. The summed E-state index contributed by atoms with van der Waals surface area (Å²) in [4.78, 5) is 4.06. The molecule has 1 unspecified atom stereocenters. The zero-order valence-corrected chi connectivity index (χ0v) is 14.8. The van der Waals surface area contributed by atoms with Crippen LogP contribution in [0.3, 0.4) is 0 Å². The van der Waals surface area contributed by atoms with Crippen molar-refractivity contribution >= 4 is 0 Å². The fourth-order valence-corrected chi connectivity index (χ4v) is 3.14. The highest BCUT2D eigenvalue weighted by Crippen LogP contribution is 2.37. The molecule has 1 aliphatic rings. The minimum absolute atomic E-state index is 0.242. The van der Waals surface area contributed by atoms with Gasteiger partial charge in [-0.05, 0) is 49.2 Å². The molecule has 136 valence electrons. The number of hydrogen-bond donors (Lipinski definition) is 2. The minimum Gasteiger partial charge on any atom is -0.508 e. The van der Waals surface area contributed by atoms with E-state index in [1.165, 1.54) is 0 Å². The number of nitrogens with zero attached hydrogens (tertiary/aromatic N) is 6. The molecule has 2 heterocycles. The van der Waals surface area contributed by atoms with Crippen LogP contribution in [0.2, 0.25) is 0 Å². The van der Waals surface area contributed by atoms with Gasteiger partial charge in [0.25, 0.3) is 0 Å². The normalized spacial score (nSPS) is 15.3. The van der Waals surface area contributed by atoms with E-state index in [1.54, 1.807) is 12.3 Å². The van der Waals surface area contributed by atoms with Crippen LogP contribution in [0.4, 0.5) is 0 Å². The van der Waals surface area contributed by atoms with Gasteiger partial charge in [-0.25, -0.2) is 9.67 Å². The van der Waals surface area contributed by atoms with E-state index in [9.17, 15) is 5.11 Å². The third kappa shape index (κ3) is 3.60. The van der Waals surface area contributed by atoms with Gasteiger partial charge in [-0.1, -0.05) is 17.7 Å². The van der Waals surface area contributed by atoms with Crippen LogP contribution in [-0.4, -0.2) is 41.4 Å². The highest BCUT2D eigenvalue weighted by molar-refractivity contribution is 5.40. The van der Waals surface area contributed by atoms with Crippen molar-refractivity contribution in [3.8, 4) is 5.75 Å². The second-order valence-corrected chi connectivity index (χ2v) is 6.82. The van der Waals surface area contributed by atoms with Crippen molar-refractivity contribution in [2.45, 2.75) is 44.8 Å². The number of aryl methyl sites for hydroxylation is 2. The summed E-state index contributed by atoms with van der Waals surface area (Å²) in [7, 11) is 0. The van der Waals surface area contributed by atoms with Crippen LogP contribution in [0.25, 0.3) is 0 Å². The van der Waals surface area contributed by atoms with Gasteiger partial charge >= 0.3 is 0 Å². The lowest BCUT2D eigenvalue weighted by Gasteiger charge is -2.20. The van der Waals surface area contributed by atoms with Crippen molar-refractivity contribution in [1.29, 1.82) is 0 Å². The van der Waals surface area contributed by atoms with Crippen LogP contribution in [0, 0.1) is 6.92 Å². The Labute approximate surface area is 151 Å². The number of imidazole rings is 1. The molecule has 2 aromatic heterocycles. The first kappa shape index (κ1) is 16.7. The summed E-state index contributed by atoms with van der Waals surface area (Å²) < 4.78 is 3.95. The van der Waals surface area contributed by atoms with Gasteiger partial charge < -0.3 is 15.0 Å².